The molecule has 0 radical (unpaired) electrons. The van der Waals surface area contributed by atoms with Gasteiger partial charge in [0.15, 0.2) is 0 Å². The Balaban J connectivity index is 2.06. The minimum atomic E-state index is 0.223. The van der Waals surface area contributed by atoms with Crippen molar-refractivity contribution in [3.8, 4) is 0 Å². The first-order valence-corrected chi connectivity index (χ1v) is 5.91. The smallest absolute Gasteiger partial charge is 0.0490 e. The number of aliphatic hydroxyl groups is 1. The molecular weight excluding hydrogens is 180 g/mol. The second-order valence-electron chi connectivity index (χ2n) is 4.17. The number of hydrogen-bond donors (Lipinski definition) is 1. The van der Waals surface area contributed by atoms with Crippen molar-refractivity contribution in [2.75, 3.05) is 6.61 Å². The van der Waals surface area contributed by atoms with Crippen LogP contribution in [0.15, 0.2) is 16.8 Å². The molecule has 0 atom stereocenters. The largest absolute Gasteiger partial charge is 0.396 e. The van der Waals surface area contributed by atoms with Gasteiger partial charge in [0.05, 0.1) is 0 Å². The quantitative estimate of drug-likeness (QED) is 0.788. The van der Waals surface area contributed by atoms with Crippen molar-refractivity contribution in [3.05, 3.63) is 22.4 Å². The van der Waals surface area contributed by atoms with Crippen LogP contribution in [0, 0.1) is 5.41 Å². The van der Waals surface area contributed by atoms with E-state index in [1.165, 1.54) is 31.2 Å². The Labute approximate surface area is 83.4 Å². The summed E-state index contributed by atoms with van der Waals surface area (Å²) in [4.78, 5) is 0. The standard InChI is InChI=1S/C11H16OS/c12-9-11(4-1-2-5-11)7-10-3-6-13-8-10/h3,6,8,12H,1-2,4-5,7,9H2. The van der Waals surface area contributed by atoms with E-state index in [0.717, 1.165) is 6.42 Å². The fourth-order valence-corrected chi connectivity index (χ4v) is 3.01. The number of hydrogen-bond acceptors (Lipinski definition) is 2. The van der Waals surface area contributed by atoms with Gasteiger partial charge in [-0.2, -0.15) is 11.3 Å². The molecule has 0 amide bonds. The van der Waals surface area contributed by atoms with Gasteiger partial charge < -0.3 is 5.11 Å². The summed E-state index contributed by atoms with van der Waals surface area (Å²) in [7, 11) is 0. The second-order valence-corrected chi connectivity index (χ2v) is 4.95. The zero-order valence-corrected chi connectivity index (χ0v) is 8.65. The third kappa shape index (κ3) is 1.94. The van der Waals surface area contributed by atoms with Crippen LogP contribution < -0.4 is 0 Å². The van der Waals surface area contributed by atoms with Gasteiger partial charge in [-0.15, -0.1) is 0 Å². The highest BCUT2D eigenvalue weighted by Crippen LogP contribution is 2.40. The molecule has 1 aromatic rings. The van der Waals surface area contributed by atoms with E-state index in [9.17, 15) is 5.11 Å². The monoisotopic (exact) mass is 196 g/mol. The van der Waals surface area contributed by atoms with Crippen LogP contribution in [0.1, 0.15) is 31.2 Å². The minimum Gasteiger partial charge on any atom is -0.396 e. The minimum absolute atomic E-state index is 0.223. The molecule has 0 unspecified atom stereocenters. The molecule has 0 bridgehead atoms. The van der Waals surface area contributed by atoms with Crippen molar-refractivity contribution in [3.63, 3.8) is 0 Å². The van der Waals surface area contributed by atoms with Crippen molar-refractivity contribution in [1.82, 2.24) is 0 Å². The molecule has 1 aliphatic rings. The van der Waals surface area contributed by atoms with Crippen molar-refractivity contribution in [2.24, 2.45) is 5.41 Å². The number of thiophene rings is 1. The third-order valence-electron chi connectivity index (χ3n) is 3.16. The van der Waals surface area contributed by atoms with Crippen LogP contribution in [0.2, 0.25) is 0 Å². The van der Waals surface area contributed by atoms with Crippen molar-refractivity contribution in [1.29, 1.82) is 0 Å². The maximum Gasteiger partial charge on any atom is 0.0490 e. The van der Waals surface area contributed by atoms with E-state index in [1.54, 1.807) is 11.3 Å². The van der Waals surface area contributed by atoms with Gasteiger partial charge >= 0.3 is 0 Å². The summed E-state index contributed by atoms with van der Waals surface area (Å²) in [5, 5.41) is 13.7. The van der Waals surface area contributed by atoms with E-state index in [1.807, 2.05) is 0 Å². The molecule has 2 rings (SSSR count). The third-order valence-corrected chi connectivity index (χ3v) is 3.89. The molecule has 0 aromatic carbocycles. The maximum atomic E-state index is 9.42. The summed E-state index contributed by atoms with van der Waals surface area (Å²) >= 11 is 1.75. The predicted molar refractivity (Wildman–Crippen MR) is 56.0 cm³/mol. The summed E-state index contributed by atoms with van der Waals surface area (Å²) in [6, 6.07) is 2.18. The van der Waals surface area contributed by atoms with E-state index in [-0.39, 0.29) is 5.41 Å². The van der Waals surface area contributed by atoms with Crippen molar-refractivity contribution < 1.29 is 5.11 Å². The van der Waals surface area contributed by atoms with Gasteiger partial charge in [0.1, 0.15) is 0 Å². The van der Waals surface area contributed by atoms with Gasteiger partial charge in [-0.3, -0.25) is 0 Å². The van der Waals surface area contributed by atoms with E-state index in [0.29, 0.717) is 6.61 Å². The lowest BCUT2D eigenvalue weighted by Crippen LogP contribution is -2.23. The van der Waals surface area contributed by atoms with Gasteiger partial charge in [-0.25, -0.2) is 0 Å². The molecule has 0 aliphatic heterocycles. The van der Waals surface area contributed by atoms with Gasteiger partial charge in [-0.05, 0) is 47.1 Å². The van der Waals surface area contributed by atoms with Crippen LogP contribution in [-0.2, 0) is 6.42 Å². The fraction of sp³-hybridized carbons (Fsp3) is 0.636. The molecule has 1 aliphatic carbocycles. The van der Waals surface area contributed by atoms with Crippen LogP contribution >= 0.6 is 11.3 Å². The summed E-state index contributed by atoms with van der Waals surface area (Å²) in [6.07, 6.45) is 6.08. The van der Waals surface area contributed by atoms with Crippen molar-refractivity contribution in [2.45, 2.75) is 32.1 Å². The molecule has 1 fully saturated rings. The van der Waals surface area contributed by atoms with E-state index < -0.39 is 0 Å². The van der Waals surface area contributed by atoms with Crippen LogP contribution in [0.5, 0.6) is 0 Å². The Morgan fingerprint density at radius 2 is 2.15 bits per heavy atom. The topological polar surface area (TPSA) is 20.2 Å². The highest BCUT2D eigenvalue weighted by atomic mass is 32.1. The molecule has 1 aromatic heterocycles. The maximum absolute atomic E-state index is 9.42. The molecule has 1 saturated carbocycles. The summed E-state index contributed by atoms with van der Waals surface area (Å²) < 4.78 is 0. The first kappa shape index (κ1) is 9.22. The molecule has 0 saturated heterocycles. The lowest BCUT2D eigenvalue weighted by molar-refractivity contribution is 0.130. The Bertz CT molecular complexity index is 247. The van der Waals surface area contributed by atoms with E-state index in [4.69, 9.17) is 0 Å². The second kappa shape index (κ2) is 3.81. The molecule has 13 heavy (non-hydrogen) atoms. The molecule has 1 N–H and O–H groups in total. The summed E-state index contributed by atoms with van der Waals surface area (Å²) in [5.74, 6) is 0. The molecule has 72 valence electrons. The van der Waals surface area contributed by atoms with Crippen LogP contribution in [0.3, 0.4) is 0 Å². The van der Waals surface area contributed by atoms with E-state index >= 15 is 0 Å². The number of aliphatic hydroxyl groups excluding tert-OH is 1. The Morgan fingerprint density at radius 1 is 1.38 bits per heavy atom. The lowest BCUT2D eigenvalue weighted by atomic mass is 9.81. The van der Waals surface area contributed by atoms with E-state index in [2.05, 4.69) is 16.8 Å². The van der Waals surface area contributed by atoms with Crippen LogP contribution in [0.25, 0.3) is 0 Å². The normalized spacial score (nSPS) is 20.7. The molecule has 2 heteroatoms. The molecule has 0 spiro atoms. The molecular formula is C11H16OS. The average molecular weight is 196 g/mol. The number of rotatable bonds is 3. The highest BCUT2D eigenvalue weighted by molar-refractivity contribution is 7.07. The molecule has 1 heterocycles. The molecule has 1 nitrogen and oxygen atoms in total. The lowest BCUT2D eigenvalue weighted by Gasteiger charge is -2.25. The van der Waals surface area contributed by atoms with Gasteiger partial charge in [0.25, 0.3) is 0 Å². The zero-order valence-electron chi connectivity index (χ0n) is 7.83. The predicted octanol–water partition coefficient (Wildman–Crippen LogP) is 2.84. The van der Waals surface area contributed by atoms with Crippen molar-refractivity contribution >= 4 is 11.3 Å². The van der Waals surface area contributed by atoms with Gasteiger partial charge in [0, 0.05) is 6.61 Å². The first-order valence-electron chi connectivity index (χ1n) is 4.97. The highest BCUT2D eigenvalue weighted by Gasteiger charge is 2.33. The van der Waals surface area contributed by atoms with Crippen LogP contribution in [0.4, 0.5) is 0 Å². The van der Waals surface area contributed by atoms with Crippen LogP contribution in [-0.4, -0.2) is 11.7 Å². The Kier molecular flexibility index (Phi) is 2.70. The average Bonchev–Trinajstić information content (AvgIpc) is 2.77. The first-order chi connectivity index (χ1) is 6.35. The summed E-state index contributed by atoms with van der Waals surface area (Å²) in [6.45, 7) is 0.364. The van der Waals surface area contributed by atoms with Gasteiger partial charge in [-0.1, -0.05) is 12.8 Å². The summed E-state index contributed by atoms with van der Waals surface area (Å²) in [5.41, 5.74) is 1.63. The SMILES string of the molecule is OCC1(Cc2ccsc2)CCCC1. The Hall–Kier alpha value is -0.340. The van der Waals surface area contributed by atoms with Gasteiger partial charge in [0.2, 0.25) is 0 Å². The Morgan fingerprint density at radius 3 is 2.69 bits per heavy atom. The fourth-order valence-electron chi connectivity index (χ4n) is 2.34. The zero-order chi connectivity index (χ0) is 9.15.